The molecule has 110 valence electrons. The van der Waals surface area contributed by atoms with Crippen LogP contribution in [0.25, 0.3) is 0 Å². The lowest BCUT2D eigenvalue weighted by atomic mass is 9.97. The van der Waals surface area contributed by atoms with E-state index >= 15 is 0 Å². The minimum atomic E-state index is -4.71. The van der Waals surface area contributed by atoms with E-state index in [-0.39, 0.29) is 23.5 Å². The molecule has 2 N–H and O–H groups in total. The molecule has 1 fully saturated rings. The molecule has 0 unspecified atom stereocenters. The zero-order chi connectivity index (χ0) is 14.8. The molecule has 4 nitrogen and oxygen atoms in total. The average molecular weight is 288 g/mol. The highest BCUT2D eigenvalue weighted by Gasteiger charge is 2.31. The minimum absolute atomic E-state index is 0.124. The first-order valence-electron chi connectivity index (χ1n) is 6.22. The van der Waals surface area contributed by atoms with Crippen LogP contribution in [0.1, 0.15) is 6.92 Å². The highest BCUT2D eigenvalue weighted by Crippen LogP contribution is 2.24. The number of halogens is 3. The number of amides is 1. The zero-order valence-electron chi connectivity index (χ0n) is 10.8. The Morgan fingerprint density at radius 2 is 1.95 bits per heavy atom. The van der Waals surface area contributed by atoms with E-state index < -0.39 is 6.36 Å². The Hall–Kier alpha value is -1.76. The third kappa shape index (κ3) is 3.86. The standard InChI is InChI=1S/C13H15F3N2O2/c1-8-6-17-7-11(8)12(19)18-9-2-4-10(5-3-9)20-13(14,15)16/h2-5,8,11,17H,6-7H2,1H3,(H,18,19)/t8-,11-/m1/s1. The number of carbonyl (C=O) groups excluding carboxylic acids is 1. The molecule has 0 spiro atoms. The Morgan fingerprint density at radius 1 is 1.30 bits per heavy atom. The summed E-state index contributed by atoms with van der Waals surface area (Å²) >= 11 is 0. The molecule has 1 heterocycles. The van der Waals surface area contributed by atoms with Gasteiger partial charge in [0.2, 0.25) is 5.91 Å². The molecule has 0 saturated carbocycles. The second-order valence-corrected chi connectivity index (χ2v) is 4.80. The first-order valence-corrected chi connectivity index (χ1v) is 6.22. The highest BCUT2D eigenvalue weighted by atomic mass is 19.4. The fraction of sp³-hybridized carbons (Fsp3) is 0.462. The van der Waals surface area contributed by atoms with Crippen molar-refractivity contribution in [2.75, 3.05) is 18.4 Å². The molecule has 0 aliphatic carbocycles. The van der Waals surface area contributed by atoms with Crippen LogP contribution in [0.3, 0.4) is 0 Å². The summed E-state index contributed by atoms with van der Waals surface area (Å²) in [5.41, 5.74) is 0.448. The van der Waals surface area contributed by atoms with Gasteiger partial charge in [0.1, 0.15) is 5.75 Å². The van der Waals surface area contributed by atoms with Crippen LogP contribution < -0.4 is 15.4 Å². The maximum atomic E-state index is 12.0. The number of carbonyl (C=O) groups is 1. The molecule has 2 rings (SSSR count). The van der Waals surface area contributed by atoms with Crippen molar-refractivity contribution in [1.82, 2.24) is 5.32 Å². The van der Waals surface area contributed by atoms with Crippen molar-refractivity contribution in [1.29, 1.82) is 0 Å². The number of hydrogen-bond acceptors (Lipinski definition) is 3. The van der Waals surface area contributed by atoms with Crippen LogP contribution >= 0.6 is 0 Å². The second-order valence-electron chi connectivity index (χ2n) is 4.80. The summed E-state index contributed by atoms with van der Waals surface area (Å²) in [6.07, 6.45) is -4.71. The number of alkyl halides is 3. The number of nitrogens with one attached hydrogen (secondary N) is 2. The maximum absolute atomic E-state index is 12.0. The molecule has 1 aliphatic heterocycles. The lowest BCUT2D eigenvalue weighted by Gasteiger charge is -2.14. The molecule has 1 amide bonds. The normalized spacial score (nSPS) is 22.6. The van der Waals surface area contributed by atoms with Gasteiger partial charge in [-0.05, 0) is 36.7 Å². The number of benzene rings is 1. The van der Waals surface area contributed by atoms with Gasteiger partial charge in [-0.15, -0.1) is 13.2 Å². The van der Waals surface area contributed by atoms with Gasteiger partial charge in [-0.2, -0.15) is 0 Å². The van der Waals surface area contributed by atoms with E-state index in [0.29, 0.717) is 12.2 Å². The van der Waals surface area contributed by atoms with Gasteiger partial charge >= 0.3 is 6.36 Å². The molecule has 7 heteroatoms. The van der Waals surface area contributed by atoms with Crippen LogP contribution in [0.2, 0.25) is 0 Å². The Bertz CT molecular complexity index is 473. The van der Waals surface area contributed by atoms with Gasteiger partial charge in [-0.1, -0.05) is 6.92 Å². The van der Waals surface area contributed by atoms with Crippen molar-refractivity contribution in [3.8, 4) is 5.75 Å². The predicted molar refractivity (Wildman–Crippen MR) is 67.3 cm³/mol. The second kappa shape index (κ2) is 5.70. The summed E-state index contributed by atoms with van der Waals surface area (Å²) in [5, 5.41) is 5.81. The number of rotatable bonds is 3. The van der Waals surface area contributed by atoms with Crippen molar-refractivity contribution in [3.63, 3.8) is 0 Å². The molecule has 0 aromatic heterocycles. The van der Waals surface area contributed by atoms with Gasteiger partial charge in [-0.25, -0.2) is 0 Å². The van der Waals surface area contributed by atoms with Crippen LogP contribution in [0, 0.1) is 11.8 Å². The Labute approximate surface area is 114 Å². The SMILES string of the molecule is C[C@@H]1CNC[C@H]1C(=O)Nc1ccc(OC(F)(F)F)cc1. The van der Waals surface area contributed by atoms with Crippen molar-refractivity contribution in [3.05, 3.63) is 24.3 Å². The van der Waals surface area contributed by atoms with Gasteiger partial charge in [-0.3, -0.25) is 4.79 Å². The maximum Gasteiger partial charge on any atom is 0.573 e. The lowest BCUT2D eigenvalue weighted by molar-refractivity contribution is -0.274. The van der Waals surface area contributed by atoms with E-state index in [9.17, 15) is 18.0 Å². The van der Waals surface area contributed by atoms with E-state index in [2.05, 4.69) is 15.4 Å². The zero-order valence-corrected chi connectivity index (χ0v) is 10.8. The van der Waals surface area contributed by atoms with Crippen LogP contribution in [0.5, 0.6) is 5.75 Å². The Kier molecular flexibility index (Phi) is 4.17. The number of anilines is 1. The molecule has 0 radical (unpaired) electrons. The molecule has 1 aromatic carbocycles. The third-order valence-corrected chi connectivity index (χ3v) is 3.21. The lowest BCUT2D eigenvalue weighted by Crippen LogP contribution is -2.27. The molecular weight excluding hydrogens is 273 g/mol. The van der Waals surface area contributed by atoms with Crippen LogP contribution in [0.15, 0.2) is 24.3 Å². The summed E-state index contributed by atoms with van der Waals surface area (Å²) in [4.78, 5) is 12.0. The van der Waals surface area contributed by atoms with Crippen LogP contribution in [-0.4, -0.2) is 25.4 Å². The average Bonchev–Trinajstić information content (AvgIpc) is 2.76. The number of ether oxygens (including phenoxy) is 1. The first-order chi connectivity index (χ1) is 9.35. The van der Waals surface area contributed by atoms with Gasteiger partial charge in [0.25, 0.3) is 0 Å². The minimum Gasteiger partial charge on any atom is -0.406 e. The van der Waals surface area contributed by atoms with Gasteiger partial charge in [0, 0.05) is 12.2 Å². The van der Waals surface area contributed by atoms with Crippen molar-refractivity contribution >= 4 is 11.6 Å². The fourth-order valence-electron chi connectivity index (χ4n) is 2.14. The topological polar surface area (TPSA) is 50.4 Å². The summed E-state index contributed by atoms with van der Waals surface area (Å²) < 4.78 is 39.8. The van der Waals surface area contributed by atoms with E-state index in [1.165, 1.54) is 24.3 Å². The molecule has 2 atom stereocenters. The van der Waals surface area contributed by atoms with E-state index in [1.807, 2.05) is 6.92 Å². The van der Waals surface area contributed by atoms with Crippen LogP contribution in [0.4, 0.5) is 18.9 Å². The van der Waals surface area contributed by atoms with E-state index in [1.54, 1.807) is 0 Å². The predicted octanol–water partition coefficient (Wildman–Crippen LogP) is 2.38. The van der Waals surface area contributed by atoms with Crippen molar-refractivity contribution < 1.29 is 22.7 Å². The first kappa shape index (κ1) is 14.6. The highest BCUT2D eigenvalue weighted by molar-refractivity contribution is 5.93. The Balaban J connectivity index is 1.95. The summed E-state index contributed by atoms with van der Waals surface area (Å²) in [6, 6.07) is 5.09. The summed E-state index contributed by atoms with van der Waals surface area (Å²) in [7, 11) is 0. The van der Waals surface area contributed by atoms with Crippen molar-refractivity contribution in [2.45, 2.75) is 13.3 Å². The monoisotopic (exact) mass is 288 g/mol. The van der Waals surface area contributed by atoms with Crippen molar-refractivity contribution in [2.24, 2.45) is 11.8 Å². The molecule has 1 saturated heterocycles. The molecule has 1 aliphatic rings. The smallest absolute Gasteiger partial charge is 0.406 e. The fourth-order valence-corrected chi connectivity index (χ4v) is 2.14. The van der Waals surface area contributed by atoms with Crippen LogP contribution in [-0.2, 0) is 4.79 Å². The van der Waals surface area contributed by atoms with E-state index in [4.69, 9.17) is 0 Å². The number of hydrogen-bond donors (Lipinski definition) is 2. The third-order valence-electron chi connectivity index (χ3n) is 3.21. The molecule has 20 heavy (non-hydrogen) atoms. The van der Waals surface area contributed by atoms with E-state index in [0.717, 1.165) is 6.54 Å². The van der Waals surface area contributed by atoms with Gasteiger partial charge in [0.15, 0.2) is 0 Å². The van der Waals surface area contributed by atoms with Gasteiger partial charge in [0.05, 0.1) is 5.92 Å². The largest absolute Gasteiger partial charge is 0.573 e. The molecule has 1 aromatic rings. The summed E-state index contributed by atoms with van der Waals surface area (Å²) in [5.74, 6) is -0.331. The Morgan fingerprint density at radius 3 is 2.45 bits per heavy atom. The summed E-state index contributed by atoms with van der Waals surface area (Å²) in [6.45, 7) is 3.38. The van der Waals surface area contributed by atoms with Gasteiger partial charge < -0.3 is 15.4 Å². The molecule has 0 bridgehead atoms. The molecular formula is C13H15F3N2O2. The quantitative estimate of drug-likeness (QED) is 0.898.